The quantitative estimate of drug-likeness (QED) is 0.759. The van der Waals surface area contributed by atoms with Crippen LogP contribution in [0.5, 0.6) is 0 Å². The molecule has 0 atom stereocenters. The van der Waals surface area contributed by atoms with Gasteiger partial charge in [-0.15, -0.1) is 0 Å². The van der Waals surface area contributed by atoms with E-state index in [1.165, 1.54) is 22.4 Å². The largest absolute Gasteiger partial charge is 0.363 e. The number of hydrogen-bond donors (Lipinski definition) is 0. The summed E-state index contributed by atoms with van der Waals surface area (Å²) in [5.41, 5.74) is 5.33. The van der Waals surface area contributed by atoms with Gasteiger partial charge < -0.3 is 4.90 Å². The van der Waals surface area contributed by atoms with E-state index in [4.69, 9.17) is 0 Å². The van der Waals surface area contributed by atoms with Crippen molar-refractivity contribution < 1.29 is 0 Å². The monoisotopic (exact) mass is 235 g/mol. The van der Waals surface area contributed by atoms with E-state index < -0.39 is 0 Å². The van der Waals surface area contributed by atoms with Gasteiger partial charge in [0.05, 0.1) is 0 Å². The molecule has 0 fully saturated rings. The molecule has 1 heteroatoms. The number of hydrogen-bond acceptors (Lipinski definition) is 1. The molecule has 2 aromatic rings. The lowest BCUT2D eigenvalue weighted by atomic mass is 10.1. The molecule has 0 unspecified atom stereocenters. The zero-order valence-electron chi connectivity index (χ0n) is 10.6. The zero-order valence-corrected chi connectivity index (χ0v) is 10.6. The Balaban J connectivity index is 1.86. The van der Waals surface area contributed by atoms with Crippen molar-refractivity contribution >= 4 is 11.8 Å². The standard InChI is InChI=1S/C17H17N/c1-14-8-10-15(11-9-14)13-18-12-4-6-16-5-2-3-7-17(16)18/h2-11H,12-13H2,1H3. The minimum atomic E-state index is 0.974. The molecule has 1 aliphatic rings. The van der Waals surface area contributed by atoms with Gasteiger partial charge in [-0.1, -0.05) is 60.2 Å². The van der Waals surface area contributed by atoms with Crippen LogP contribution in [0.1, 0.15) is 16.7 Å². The van der Waals surface area contributed by atoms with Crippen LogP contribution >= 0.6 is 0 Å². The minimum absolute atomic E-state index is 0.974. The number of rotatable bonds is 2. The summed E-state index contributed by atoms with van der Waals surface area (Å²) in [5.74, 6) is 0. The molecular formula is C17H17N. The van der Waals surface area contributed by atoms with E-state index in [1.807, 2.05) is 0 Å². The van der Waals surface area contributed by atoms with Gasteiger partial charge in [-0.25, -0.2) is 0 Å². The third-order valence-electron chi connectivity index (χ3n) is 3.39. The molecule has 1 heterocycles. The Bertz CT molecular complexity index is 566. The van der Waals surface area contributed by atoms with E-state index in [2.05, 4.69) is 72.5 Å². The Labute approximate surface area is 108 Å². The number of anilines is 1. The number of nitrogens with zero attached hydrogens (tertiary/aromatic N) is 1. The van der Waals surface area contributed by atoms with Gasteiger partial charge in [-0.3, -0.25) is 0 Å². The molecule has 0 aromatic heterocycles. The molecule has 0 spiro atoms. The molecule has 18 heavy (non-hydrogen) atoms. The van der Waals surface area contributed by atoms with Crippen LogP contribution in [0.3, 0.4) is 0 Å². The Hall–Kier alpha value is -2.02. The normalized spacial score (nSPS) is 13.5. The summed E-state index contributed by atoms with van der Waals surface area (Å²) in [7, 11) is 0. The highest BCUT2D eigenvalue weighted by Gasteiger charge is 2.12. The molecular weight excluding hydrogens is 218 g/mol. The van der Waals surface area contributed by atoms with Crippen LogP contribution in [0.4, 0.5) is 5.69 Å². The Morgan fingerprint density at radius 3 is 2.61 bits per heavy atom. The lowest BCUT2D eigenvalue weighted by molar-refractivity contribution is 0.860. The molecule has 1 aliphatic heterocycles. The van der Waals surface area contributed by atoms with Crippen molar-refractivity contribution in [3.8, 4) is 0 Å². The van der Waals surface area contributed by atoms with Gasteiger partial charge in [0.1, 0.15) is 0 Å². The van der Waals surface area contributed by atoms with Gasteiger partial charge >= 0.3 is 0 Å². The average Bonchev–Trinajstić information content (AvgIpc) is 2.42. The van der Waals surface area contributed by atoms with Gasteiger partial charge in [0.2, 0.25) is 0 Å². The number of benzene rings is 2. The van der Waals surface area contributed by atoms with E-state index in [0.29, 0.717) is 0 Å². The summed E-state index contributed by atoms with van der Waals surface area (Å²) in [6, 6.07) is 17.4. The molecule has 0 N–H and O–H groups in total. The first-order valence-electron chi connectivity index (χ1n) is 6.39. The third kappa shape index (κ3) is 2.17. The number of fused-ring (bicyclic) bond motifs is 1. The minimum Gasteiger partial charge on any atom is -0.363 e. The number of para-hydroxylation sites is 1. The second-order valence-corrected chi connectivity index (χ2v) is 4.83. The van der Waals surface area contributed by atoms with E-state index in [0.717, 1.165) is 13.1 Å². The third-order valence-corrected chi connectivity index (χ3v) is 3.39. The second kappa shape index (κ2) is 4.69. The highest BCUT2D eigenvalue weighted by molar-refractivity contribution is 5.71. The fourth-order valence-corrected chi connectivity index (χ4v) is 2.39. The smallest absolute Gasteiger partial charge is 0.0445 e. The first kappa shape index (κ1) is 11.1. The van der Waals surface area contributed by atoms with Gasteiger partial charge in [-0.2, -0.15) is 0 Å². The molecule has 0 radical (unpaired) electrons. The molecule has 0 saturated heterocycles. The topological polar surface area (TPSA) is 3.24 Å². The van der Waals surface area contributed by atoms with Gasteiger partial charge in [0.15, 0.2) is 0 Å². The van der Waals surface area contributed by atoms with E-state index in [-0.39, 0.29) is 0 Å². The van der Waals surface area contributed by atoms with Crippen LogP contribution < -0.4 is 4.90 Å². The first-order chi connectivity index (χ1) is 8.83. The lowest BCUT2D eigenvalue weighted by Gasteiger charge is -2.28. The van der Waals surface area contributed by atoms with Crippen molar-refractivity contribution in [2.75, 3.05) is 11.4 Å². The fourth-order valence-electron chi connectivity index (χ4n) is 2.39. The predicted octanol–water partition coefficient (Wildman–Crippen LogP) is 4.03. The molecule has 0 saturated carbocycles. The Kier molecular flexibility index (Phi) is 2.89. The van der Waals surface area contributed by atoms with E-state index >= 15 is 0 Å². The van der Waals surface area contributed by atoms with Crippen molar-refractivity contribution in [2.45, 2.75) is 13.5 Å². The highest BCUT2D eigenvalue weighted by atomic mass is 15.1. The fraction of sp³-hybridized carbons (Fsp3) is 0.176. The van der Waals surface area contributed by atoms with Crippen molar-refractivity contribution in [1.82, 2.24) is 0 Å². The van der Waals surface area contributed by atoms with Crippen LogP contribution in [-0.2, 0) is 6.54 Å². The first-order valence-corrected chi connectivity index (χ1v) is 6.39. The van der Waals surface area contributed by atoms with Crippen LogP contribution in [0, 0.1) is 6.92 Å². The zero-order chi connectivity index (χ0) is 12.4. The lowest BCUT2D eigenvalue weighted by Crippen LogP contribution is -2.25. The van der Waals surface area contributed by atoms with Crippen LogP contribution in [0.15, 0.2) is 54.6 Å². The molecule has 90 valence electrons. The van der Waals surface area contributed by atoms with Crippen molar-refractivity contribution in [1.29, 1.82) is 0 Å². The molecule has 1 nitrogen and oxygen atoms in total. The summed E-state index contributed by atoms with van der Waals surface area (Å²) in [6.07, 6.45) is 4.44. The molecule has 0 aliphatic carbocycles. The summed E-state index contributed by atoms with van der Waals surface area (Å²) in [5, 5.41) is 0. The summed E-state index contributed by atoms with van der Waals surface area (Å²) >= 11 is 0. The van der Waals surface area contributed by atoms with Crippen LogP contribution in [0.2, 0.25) is 0 Å². The van der Waals surface area contributed by atoms with Gasteiger partial charge in [-0.05, 0) is 24.1 Å². The molecule has 0 amide bonds. The maximum atomic E-state index is 2.42. The SMILES string of the molecule is Cc1ccc(CN2CC=Cc3ccccc32)cc1. The number of aryl methyl sites for hydroxylation is 1. The van der Waals surface area contributed by atoms with Gasteiger partial charge in [0, 0.05) is 18.8 Å². The molecule has 2 aromatic carbocycles. The summed E-state index contributed by atoms with van der Waals surface area (Å²) in [6.45, 7) is 4.09. The Morgan fingerprint density at radius 2 is 1.78 bits per heavy atom. The van der Waals surface area contributed by atoms with Crippen molar-refractivity contribution in [3.63, 3.8) is 0 Å². The second-order valence-electron chi connectivity index (χ2n) is 4.83. The maximum Gasteiger partial charge on any atom is 0.0445 e. The predicted molar refractivity (Wildman–Crippen MR) is 77.7 cm³/mol. The van der Waals surface area contributed by atoms with Gasteiger partial charge in [0.25, 0.3) is 0 Å². The molecule has 3 rings (SSSR count). The summed E-state index contributed by atoms with van der Waals surface area (Å²) in [4.78, 5) is 2.42. The summed E-state index contributed by atoms with van der Waals surface area (Å²) < 4.78 is 0. The van der Waals surface area contributed by atoms with Crippen molar-refractivity contribution in [3.05, 3.63) is 71.3 Å². The Morgan fingerprint density at radius 1 is 1.00 bits per heavy atom. The van der Waals surface area contributed by atoms with Crippen molar-refractivity contribution in [2.24, 2.45) is 0 Å². The average molecular weight is 235 g/mol. The van der Waals surface area contributed by atoms with Crippen LogP contribution in [0.25, 0.3) is 6.08 Å². The van der Waals surface area contributed by atoms with E-state index in [9.17, 15) is 0 Å². The molecule has 0 bridgehead atoms. The highest BCUT2D eigenvalue weighted by Crippen LogP contribution is 2.26. The van der Waals surface area contributed by atoms with Crippen LogP contribution in [-0.4, -0.2) is 6.54 Å². The van der Waals surface area contributed by atoms with E-state index in [1.54, 1.807) is 0 Å². The maximum absolute atomic E-state index is 2.42.